The van der Waals surface area contributed by atoms with Crippen LogP contribution in [0.1, 0.15) is 52.4 Å². The Hall–Kier alpha value is -0.710. The van der Waals surface area contributed by atoms with Crippen molar-refractivity contribution in [1.29, 1.82) is 0 Å². The molecule has 0 aromatic rings. The van der Waals surface area contributed by atoms with E-state index < -0.39 is 12.0 Å². The summed E-state index contributed by atoms with van der Waals surface area (Å²) in [7, 11) is 0. The van der Waals surface area contributed by atoms with Crippen molar-refractivity contribution >= 4 is 0 Å². The van der Waals surface area contributed by atoms with Gasteiger partial charge >= 0.3 is 0 Å². The van der Waals surface area contributed by atoms with Gasteiger partial charge < -0.3 is 15.9 Å². The van der Waals surface area contributed by atoms with E-state index in [9.17, 15) is 14.6 Å². The van der Waals surface area contributed by atoms with E-state index in [1.807, 2.05) is 6.08 Å². The molecule has 4 aliphatic carbocycles. The van der Waals surface area contributed by atoms with Gasteiger partial charge in [0.2, 0.25) is 0 Å². The molecule has 2 saturated carbocycles. The molecular weight excluding hydrogens is 293 g/mol. The van der Waals surface area contributed by atoms with Crippen LogP contribution in [0.3, 0.4) is 0 Å². The number of hydrogen-bond donors (Lipinski definition) is 3. The minimum atomic E-state index is -1.67. The molecule has 4 rings (SSSR count). The van der Waals surface area contributed by atoms with Gasteiger partial charge in [-0.05, 0) is 49.0 Å². The normalized spacial score (nSPS) is 51.2. The number of halogens is 1. The molecule has 0 heterocycles. The van der Waals surface area contributed by atoms with Gasteiger partial charge in [0.05, 0.1) is 0 Å². The van der Waals surface area contributed by atoms with Crippen molar-refractivity contribution in [3.63, 3.8) is 0 Å². The van der Waals surface area contributed by atoms with Crippen LogP contribution in [0.4, 0.5) is 4.39 Å². The quantitative estimate of drug-likeness (QED) is 0.475. The first-order valence-electron chi connectivity index (χ1n) is 8.94. The molecule has 0 aromatic heterocycles. The zero-order valence-corrected chi connectivity index (χ0v) is 14.1. The Morgan fingerprint density at radius 2 is 1.96 bits per heavy atom. The molecule has 0 amide bonds. The first kappa shape index (κ1) is 15.8. The maximum atomic E-state index is 14.3. The third kappa shape index (κ3) is 2.04. The predicted molar refractivity (Wildman–Crippen MR) is 87.1 cm³/mol. The van der Waals surface area contributed by atoms with Gasteiger partial charge in [-0.15, -0.1) is 0 Å². The Labute approximate surface area is 137 Å². The standard InChI is InChI=1S/C19H28FNO2/c1-17-7-8-19(22,23)10-11(17)3-4-12-13(17)5-6-18(2)14(12)9-15(20)16(18)21/h7-8,11,13,15-16,22-23H,3-6,9-10,21H2,1-2H3/t11?,13-,15+,16-,17-,18-/m0/s1. The predicted octanol–water partition coefficient (Wildman–Crippen LogP) is 2.83. The molecule has 1 unspecified atom stereocenters. The average Bonchev–Trinajstić information content (AvgIpc) is 2.71. The van der Waals surface area contributed by atoms with Crippen LogP contribution < -0.4 is 5.73 Å². The summed E-state index contributed by atoms with van der Waals surface area (Å²) in [6.45, 7) is 4.39. The Morgan fingerprint density at radius 3 is 2.70 bits per heavy atom. The highest BCUT2D eigenvalue weighted by Crippen LogP contribution is 2.62. The van der Waals surface area contributed by atoms with E-state index in [1.54, 1.807) is 6.08 Å². The van der Waals surface area contributed by atoms with E-state index in [-0.39, 0.29) is 22.8 Å². The van der Waals surface area contributed by atoms with Gasteiger partial charge in [-0.25, -0.2) is 4.39 Å². The largest absolute Gasteiger partial charge is 0.362 e. The molecule has 128 valence electrons. The van der Waals surface area contributed by atoms with Crippen LogP contribution in [0.2, 0.25) is 0 Å². The molecule has 4 aliphatic rings. The van der Waals surface area contributed by atoms with Crippen molar-refractivity contribution < 1.29 is 14.6 Å². The maximum Gasteiger partial charge on any atom is 0.182 e. The van der Waals surface area contributed by atoms with Crippen molar-refractivity contribution in [3.8, 4) is 0 Å². The number of rotatable bonds is 0. The van der Waals surface area contributed by atoms with Crippen LogP contribution in [0, 0.1) is 22.7 Å². The third-order valence-electron chi connectivity index (χ3n) is 7.62. The number of allylic oxidation sites excluding steroid dienone is 2. The average molecular weight is 321 g/mol. The number of nitrogens with two attached hydrogens (primary N) is 1. The van der Waals surface area contributed by atoms with Crippen molar-refractivity contribution in [2.24, 2.45) is 28.4 Å². The summed E-state index contributed by atoms with van der Waals surface area (Å²) >= 11 is 0. The van der Waals surface area contributed by atoms with Gasteiger partial charge in [0.25, 0.3) is 0 Å². The van der Waals surface area contributed by atoms with E-state index in [2.05, 4.69) is 13.8 Å². The van der Waals surface area contributed by atoms with Gasteiger partial charge in [0.15, 0.2) is 5.79 Å². The van der Waals surface area contributed by atoms with Gasteiger partial charge in [0, 0.05) is 24.3 Å². The zero-order chi connectivity index (χ0) is 16.6. The molecule has 0 aromatic carbocycles. The summed E-state index contributed by atoms with van der Waals surface area (Å²) in [4.78, 5) is 0. The Kier molecular flexibility index (Phi) is 3.21. The SMILES string of the molecule is C[C@]12CC[C@H]3C(=C1C[C@@H](F)[C@@H]2N)CCC1CC(O)(O)C=C[C@@]13C. The number of alkyl halides is 1. The van der Waals surface area contributed by atoms with Gasteiger partial charge in [-0.3, -0.25) is 0 Å². The van der Waals surface area contributed by atoms with E-state index >= 15 is 0 Å². The fourth-order valence-corrected chi connectivity index (χ4v) is 6.05. The van der Waals surface area contributed by atoms with Crippen molar-refractivity contribution in [3.05, 3.63) is 23.3 Å². The second-order valence-corrected chi connectivity index (χ2v) is 8.78. The molecule has 0 bridgehead atoms. The Morgan fingerprint density at radius 1 is 1.22 bits per heavy atom. The van der Waals surface area contributed by atoms with Crippen LogP contribution in [0.25, 0.3) is 0 Å². The first-order chi connectivity index (χ1) is 10.7. The summed E-state index contributed by atoms with van der Waals surface area (Å²) in [5.41, 5.74) is 8.69. The summed E-state index contributed by atoms with van der Waals surface area (Å²) in [5, 5.41) is 20.0. The highest BCUT2D eigenvalue weighted by molar-refractivity contribution is 5.38. The van der Waals surface area contributed by atoms with Gasteiger partial charge in [0.1, 0.15) is 6.17 Å². The van der Waals surface area contributed by atoms with Crippen molar-refractivity contribution in [2.75, 3.05) is 0 Å². The minimum absolute atomic E-state index is 0.0463. The van der Waals surface area contributed by atoms with Crippen LogP contribution in [0.5, 0.6) is 0 Å². The van der Waals surface area contributed by atoms with Gasteiger partial charge in [-0.2, -0.15) is 0 Å². The van der Waals surface area contributed by atoms with Crippen LogP contribution in [-0.2, 0) is 0 Å². The Bertz CT molecular complexity index is 598. The number of aliphatic hydroxyl groups is 2. The van der Waals surface area contributed by atoms with Crippen molar-refractivity contribution in [2.45, 2.75) is 70.4 Å². The molecule has 0 radical (unpaired) electrons. The summed E-state index contributed by atoms with van der Waals surface area (Å²) < 4.78 is 14.3. The Balaban J connectivity index is 1.78. The molecule has 3 nitrogen and oxygen atoms in total. The molecule has 0 spiro atoms. The van der Waals surface area contributed by atoms with E-state index in [1.165, 1.54) is 11.1 Å². The molecule has 0 saturated heterocycles. The third-order valence-corrected chi connectivity index (χ3v) is 7.62. The van der Waals surface area contributed by atoms with Gasteiger partial charge in [-0.1, -0.05) is 31.1 Å². The first-order valence-corrected chi connectivity index (χ1v) is 8.94. The summed E-state index contributed by atoms with van der Waals surface area (Å²) in [6.07, 6.45) is 7.43. The highest BCUT2D eigenvalue weighted by Gasteiger charge is 2.56. The van der Waals surface area contributed by atoms with E-state index in [0.29, 0.717) is 18.8 Å². The molecule has 4 heteroatoms. The second kappa shape index (κ2) is 4.68. The molecule has 6 atom stereocenters. The molecule has 2 fully saturated rings. The molecular formula is C19H28FNO2. The lowest BCUT2D eigenvalue weighted by molar-refractivity contribution is -0.153. The van der Waals surface area contributed by atoms with Crippen LogP contribution >= 0.6 is 0 Å². The van der Waals surface area contributed by atoms with E-state index in [4.69, 9.17) is 5.73 Å². The monoisotopic (exact) mass is 321 g/mol. The number of hydrogen-bond acceptors (Lipinski definition) is 3. The number of fused-ring (bicyclic) bond motifs is 4. The zero-order valence-electron chi connectivity index (χ0n) is 14.1. The van der Waals surface area contributed by atoms with Crippen LogP contribution in [-0.4, -0.2) is 28.2 Å². The topological polar surface area (TPSA) is 66.5 Å². The fourth-order valence-electron chi connectivity index (χ4n) is 6.05. The second-order valence-electron chi connectivity index (χ2n) is 8.78. The maximum absolute atomic E-state index is 14.3. The summed E-state index contributed by atoms with van der Waals surface area (Å²) in [6, 6.07) is -0.374. The molecule has 4 N–H and O–H groups in total. The molecule has 0 aliphatic heterocycles. The van der Waals surface area contributed by atoms with E-state index in [0.717, 1.165) is 25.7 Å². The smallest absolute Gasteiger partial charge is 0.182 e. The van der Waals surface area contributed by atoms with Crippen LogP contribution in [0.15, 0.2) is 23.3 Å². The lowest BCUT2D eigenvalue weighted by atomic mass is 9.51. The fraction of sp³-hybridized carbons (Fsp3) is 0.789. The lowest BCUT2D eigenvalue weighted by Crippen LogP contribution is -2.50. The molecule has 23 heavy (non-hydrogen) atoms. The highest BCUT2D eigenvalue weighted by atomic mass is 19.1. The lowest BCUT2D eigenvalue weighted by Gasteiger charge is -2.55. The minimum Gasteiger partial charge on any atom is -0.362 e. The van der Waals surface area contributed by atoms with Crippen molar-refractivity contribution in [1.82, 2.24) is 0 Å². The summed E-state index contributed by atoms with van der Waals surface area (Å²) in [5.74, 6) is -0.996.